The maximum atomic E-state index is 9.76. The molecule has 0 amide bonds. The lowest BCUT2D eigenvalue weighted by molar-refractivity contribution is 0.163. The van der Waals surface area contributed by atoms with Crippen molar-refractivity contribution in [3.8, 4) is 0 Å². The maximum Gasteiger partial charge on any atom is 0.123 e. The zero-order valence-corrected chi connectivity index (χ0v) is 10.8. The molecule has 0 radical (unpaired) electrons. The molecule has 0 aromatic carbocycles. The van der Waals surface area contributed by atoms with Crippen LogP contribution in [0.5, 0.6) is 0 Å². The van der Waals surface area contributed by atoms with Gasteiger partial charge in [0.15, 0.2) is 0 Å². The third-order valence-electron chi connectivity index (χ3n) is 2.11. The van der Waals surface area contributed by atoms with E-state index < -0.39 is 0 Å². The van der Waals surface area contributed by atoms with Gasteiger partial charge in [0, 0.05) is 5.38 Å². The van der Waals surface area contributed by atoms with Gasteiger partial charge in [-0.3, -0.25) is 0 Å². The molecule has 1 aromatic heterocycles. The number of rotatable bonds is 6. The number of nitrogens with zero attached hydrogens (tertiary/aromatic N) is 1. The number of halogens is 1. The normalized spacial score (nSPS) is 13.1. The molecule has 1 unspecified atom stereocenters. The highest BCUT2D eigenvalue weighted by molar-refractivity contribution is 9.10. The van der Waals surface area contributed by atoms with E-state index in [0.717, 1.165) is 22.5 Å². The molecule has 0 bridgehead atoms. The van der Waals surface area contributed by atoms with Gasteiger partial charge in [0.05, 0.1) is 0 Å². The van der Waals surface area contributed by atoms with E-state index in [4.69, 9.17) is 0 Å². The second-order valence-corrected chi connectivity index (χ2v) is 5.08. The van der Waals surface area contributed by atoms with E-state index in [-0.39, 0.29) is 6.10 Å². The molecule has 80 valence electrons. The van der Waals surface area contributed by atoms with Crippen LogP contribution in [0.3, 0.4) is 0 Å². The number of unbranched alkanes of at least 4 members (excludes halogenated alkanes) is 3. The Balaban J connectivity index is 2.25. The van der Waals surface area contributed by atoms with Crippen LogP contribution >= 0.6 is 27.3 Å². The summed E-state index contributed by atoms with van der Waals surface area (Å²) in [7, 11) is 0. The van der Waals surface area contributed by atoms with Crippen LogP contribution in [0.4, 0.5) is 0 Å². The molecule has 0 aliphatic heterocycles. The Bertz CT molecular complexity index is 264. The second kappa shape index (κ2) is 6.53. The van der Waals surface area contributed by atoms with Gasteiger partial charge < -0.3 is 5.11 Å². The van der Waals surface area contributed by atoms with E-state index in [1.54, 1.807) is 0 Å². The largest absolute Gasteiger partial charge is 0.386 e. The molecule has 1 heterocycles. The monoisotopic (exact) mass is 277 g/mol. The topological polar surface area (TPSA) is 33.1 Å². The van der Waals surface area contributed by atoms with Crippen molar-refractivity contribution in [2.75, 3.05) is 0 Å². The standard InChI is InChI=1S/C10H16BrNOS/c1-2-3-4-5-6-8(13)10-12-9(11)7-14-10/h7-8,13H,2-6H2,1H3. The minimum Gasteiger partial charge on any atom is -0.386 e. The first kappa shape index (κ1) is 12.1. The van der Waals surface area contributed by atoms with Crippen LogP contribution < -0.4 is 0 Å². The van der Waals surface area contributed by atoms with E-state index in [2.05, 4.69) is 27.8 Å². The molecule has 0 aliphatic rings. The summed E-state index contributed by atoms with van der Waals surface area (Å²) in [6, 6.07) is 0. The Morgan fingerprint density at radius 1 is 1.50 bits per heavy atom. The predicted octanol–water partition coefficient (Wildman–Crippen LogP) is 3.91. The van der Waals surface area contributed by atoms with Crippen LogP contribution in [0.2, 0.25) is 0 Å². The molecule has 0 spiro atoms. The van der Waals surface area contributed by atoms with Crippen molar-refractivity contribution in [2.24, 2.45) is 0 Å². The third kappa shape index (κ3) is 4.07. The number of aliphatic hydroxyl groups is 1. The van der Waals surface area contributed by atoms with Crippen LogP contribution in [-0.2, 0) is 0 Å². The number of thiazole rings is 1. The number of hydrogen-bond acceptors (Lipinski definition) is 3. The van der Waals surface area contributed by atoms with Crippen LogP contribution in [0.15, 0.2) is 9.98 Å². The summed E-state index contributed by atoms with van der Waals surface area (Å²) in [6.07, 6.45) is 5.25. The van der Waals surface area contributed by atoms with Crippen molar-refractivity contribution in [3.05, 3.63) is 15.0 Å². The fourth-order valence-corrected chi connectivity index (χ4v) is 2.59. The lowest BCUT2D eigenvalue weighted by Crippen LogP contribution is -1.96. The van der Waals surface area contributed by atoms with Gasteiger partial charge in [-0.2, -0.15) is 0 Å². The van der Waals surface area contributed by atoms with Gasteiger partial charge in [-0.05, 0) is 22.4 Å². The molecule has 0 saturated carbocycles. The Morgan fingerprint density at radius 2 is 2.29 bits per heavy atom. The van der Waals surface area contributed by atoms with Crippen LogP contribution in [0.1, 0.15) is 50.1 Å². The van der Waals surface area contributed by atoms with E-state index in [1.807, 2.05) is 5.38 Å². The minimum atomic E-state index is -0.372. The molecule has 0 fully saturated rings. The Kier molecular flexibility index (Phi) is 5.67. The SMILES string of the molecule is CCCCCCC(O)c1nc(Br)cs1. The van der Waals surface area contributed by atoms with Gasteiger partial charge >= 0.3 is 0 Å². The van der Waals surface area contributed by atoms with Crippen molar-refractivity contribution >= 4 is 27.3 Å². The first-order chi connectivity index (χ1) is 6.74. The van der Waals surface area contributed by atoms with E-state index in [1.165, 1.54) is 30.6 Å². The van der Waals surface area contributed by atoms with Crippen molar-refractivity contribution in [1.29, 1.82) is 0 Å². The van der Waals surface area contributed by atoms with Gasteiger partial charge in [0.25, 0.3) is 0 Å². The first-order valence-corrected chi connectivity index (χ1v) is 6.70. The molecule has 1 rings (SSSR count). The van der Waals surface area contributed by atoms with Crippen LogP contribution in [0, 0.1) is 0 Å². The van der Waals surface area contributed by atoms with Crippen LogP contribution in [0.25, 0.3) is 0 Å². The Hall–Kier alpha value is 0.0700. The molecular weight excluding hydrogens is 262 g/mol. The smallest absolute Gasteiger partial charge is 0.123 e. The van der Waals surface area contributed by atoms with Gasteiger partial charge in [-0.15, -0.1) is 11.3 Å². The van der Waals surface area contributed by atoms with E-state index in [9.17, 15) is 5.11 Å². The second-order valence-electron chi connectivity index (χ2n) is 3.37. The number of aliphatic hydroxyl groups excluding tert-OH is 1. The molecule has 4 heteroatoms. The summed E-state index contributed by atoms with van der Waals surface area (Å²) in [6.45, 7) is 2.19. The van der Waals surface area contributed by atoms with Crippen LogP contribution in [-0.4, -0.2) is 10.1 Å². The zero-order valence-electron chi connectivity index (χ0n) is 8.37. The van der Waals surface area contributed by atoms with E-state index >= 15 is 0 Å². The lowest BCUT2D eigenvalue weighted by atomic mass is 10.1. The average molecular weight is 278 g/mol. The van der Waals surface area contributed by atoms with Crippen molar-refractivity contribution < 1.29 is 5.11 Å². The maximum absolute atomic E-state index is 9.76. The predicted molar refractivity (Wildman–Crippen MR) is 63.5 cm³/mol. The Labute approximate surface area is 97.5 Å². The van der Waals surface area contributed by atoms with Gasteiger partial charge in [0.2, 0.25) is 0 Å². The quantitative estimate of drug-likeness (QED) is 0.800. The summed E-state index contributed by atoms with van der Waals surface area (Å²) in [5, 5.41) is 12.5. The molecular formula is C10H16BrNOS. The highest BCUT2D eigenvalue weighted by Gasteiger charge is 2.10. The summed E-state index contributed by atoms with van der Waals surface area (Å²) in [5.74, 6) is 0. The van der Waals surface area contributed by atoms with Crippen molar-refractivity contribution in [3.63, 3.8) is 0 Å². The molecule has 14 heavy (non-hydrogen) atoms. The minimum absolute atomic E-state index is 0.372. The molecule has 2 nitrogen and oxygen atoms in total. The molecule has 1 atom stereocenters. The van der Waals surface area contributed by atoms with Crippen molar-refractivity contribution in [1.82, 2.24) is 4.98 Å². The fourth-order valence-electron chi connectivity index (χ4n) is 1.31. The summed E-state index contributed by atoms with van der Waals surface area (Å²) >= 11 is 4.80. The Morgan fingerprint density at radius 3 is 2.86 bits per heavy atom. The summed E-state index contributed by atoms with van der Waals surface area (Å²) in [5.41, 5.74) is 0. The van der Waals surface area contributed by atoms with Crippen molar-refractivity contribution in [2.45, 2.75) is 45.1 Å². The molecule has 1 aromatic rings. The average Bonchev–Trinajstić information content (AvgIpc) is 2.59. The third-order valence-corrected chi connectivity index (χ3v) is 3.77. The number of aromatic nitrogens is 1. The number of hydrogen-bond donors (Lipinski definition) is 1. The zero-order chi connectivity index (χ0) is 10.4. The summed E-state index contributed by atoms with van der Waals surface area (Å²) in [4.78, 5) is 4.19. The lowest BCUT2D eigenvalue weighted by Gasteiger charge is -2.06. The highest BCUT2D eigenvalue weighted by Crippen LogP contribution is 2.25. The summed E-state index contributed by atoms with van der Waals surface area (Å²) < 4.78 is 0.824. The van der Waals surface area contributed by atoms with Gasteiger partial charge in [0.1, 0.15) is 15.7 Å². The fraction of sp³-hybridized carbons (Fsp3) is 0.700. The van der Waals surface area contributed by atoms with E-state index in [0.29, 0.717) is 0 Å². The highest BCUT2D eigenvalue weighted by atomic mass is 79.9. The molecule has 0 aliphatic carbocycles. The molecule has 1 N–H and O–H groups in total. The first-order valence-electron chi connectivity index (χ1n) is 5.03. The molecule has 0 saturated heterocycles. The van der Waals surface area contributed by atoms with Gasteiger partial charge in [-0.1, -0.05) is 32.6 Å². The van der Waals surface area contributed by atoms with Gasteiger partial charge in [-0.25, -0.2) is 4.98 Å².